The summed E-state index contributed by atoms with van der Waals surface area (Å²) in [5.74, 6) is -0.212. The zero-order chi connectivity index (χ0) is 11.6. The zero-order valence-corrected chi connectivity index (χ0v) is 10.4. The first-order valence-electron chi connectivity index (χ1n) is 4.19. The summed E-state index contributed by atoms with van der Waals surface area (Å²) in [6.45, 7) is 1.35. The normalized spacial score (nSPS) is 12.9. The maximum atomic E-state index is 12.6. The van der Waals surface area contributed by atoms with Gasteiger partial charge in [-0.25, -0.2) is 8.78 Å². The lowest BCUT2D eigenvalue weighted by Crippen LogP contribution is -2.05. The smallest absolute Gasteiger partial charge is 0.264 e. The molecule has 5 heteroatoms. The summed E-state index contributed by atoms with van der Waals surface area (Å²) >= 11 is 7.14. The molecular formula is C10H9BrF2OS. The Morgan fingerprint density at radius 3 is 2.47 bits per heavy atom. The molecule has 15 heavy (non-hydrogen) atoms. The third-order valence-corrected chi connectivity index (χ3v) is 3.35. The molecule has 0 bridgehead atoms. The van der Waals surface area contributed by atoms with Gasteiger partial charge in [0, 0.05) is 10.5 Å². The summed E-state index contributed by atoms with van der Waals surface area (Å²) in [6.07, 6.45) is -2.59. The molecule has 1 aromatic carbocycles. The fourth-order valence-electron chi connectivity index (χ4n) is 1.20. The highest BCUT2D eigenvalue weighted by Gasteiger charge is 2.21. The van der Waals surface area contributed by atoms with Gasteiger partial charge in [-0.05, 0) is 24.6 Å². The summed E-state index contributed by atoms with van der Waals surface area (Å²) in [5.41, 5.74) is 0.148. The number of rotatable bonds is 3. The van der Waals surface area contributed by atoms with E-state index in [1.807, 2.05) is 0 Å². The summed E-state index contributed by atoms with van der Waals surface area (Å²) < 4.78 is 25.3. The molecule has 0 heterocycles. The van der Waals surface area contributed by atoms with Gasteiger partial charge in [-0.2, -0.15) is 0 Å². The van der Waals surface area contributed by atoms with Crippen LogP contribution in [0.3, 0.4) is 0 Å². The fourth-order valence-corrected chi connectivity index (χ4v) is 1.81. The van der Waals surface area contributed by atoms with Gasteiger partial charge < -0.3 is 0 Å². The van der Waals surface area contributed by atoms with Crippen LogP contribution in [0, 0.1) is 0 Å². The van der Waals surface area contributed by atoms with Gasteiger partial charge in [0.25, 0.3) is 6.43 Å². The molecule has 0 saturated heterocycles. The average molecular weight is 295 g/mol. The second-order valence-electron chi connectivity index (χ2n) is 3.09. The fraction of sp³-hybridized carbons (Fsp3) is 0.300. The van der Waals surface area contributed by atoms with Crippen LogP contribution in [0.4, 0.5) is 8.78 Å². The first kappa shape index (κ1) is 12.6. The van der Waals surface area contributed by atoms with Crippen molar-refractivity contribution < 1.29 is 13.6 Å². The summed E-state index contributed by atoms with van der Waals surface area (Å²) in [6, 6.07) is 4.25. The van der Waals surface area contributed by atoms with Crippen molar-refractivity contribution in [1.82, 2.24) is 0 Å². The third-order valence-electron chi connectivity index (χ3n) is 1.94. The number of halogens is 3. The van der Waals surface area contributed by atoms with Gasteiger partial charge in [-0.1, -0.05) is 22.0 Å². The van der Waals surface area contributed by atoms with E-state index in [0.717, 1.165) is 0 Å². The zero-order valence-electron chi connectivity index (χ0n) is 7.88. The molecule has 0 aliphatic carbocycles. The Labute approximate surface area is 100 Å². The van der Waals surface area contributed by atoms with Crippen molar-refractivity contribution in [1.29, 1.82) is 0 Å². The average Bonchev–Trinajstić information content (AvgIpc) is 2.15. The van der Waals surface area contributed by atoms with Crippen molar-refractivity contribution in [2.75, 3.05) is 0 Å². The second kappa shape index (κ2) is 5.07. The topological polar surface area (TPSA) is 17.1 Å². The van der Waals surface area contributed by atoms with Crippen LogP contribution in [0.25, 0.3) is 0 Å². The summed E-state index contributed by atoms with van der Waals surface area (Å²) in [4.78, 5) is 11.0. The van der Waals surface area contributed by atoms with E-state index in [4.69, 9.17) is 0 Å². The first-order valence-corrected chi connectivity index (χ1v) is 5.55. The van der Waals surface area contributed by atoms with Crippen LogP contribution < -0.4 is 0 Å². The maximum Gasteiger partial charge on any atom is 0.264 e. The van der Waals surface area contributed by atoms with E-state index in [9.17, 15) is 13.6 Å². The minimum Gasteiger partial charge on any atom is -0.298 e. The van der Waals surface area contributed by atoms with Crippen molar-refractivity contribution in [3.63, 3.8) is 0 Å². The summed E-state index contributed by atoms with van der Waals surface area (Å²) in [7, 11) is 0. The molecule has 0 N–H and O–H groups in total. The highest BCUT2D eigenvalue weighted by atomic mass is 79.9. The van der Waals surface area contributed by atoms with Gasteiger partial charge in [0.05, 0.1) is 4.83 Å². The lowest BCUT2D eigenvalue weighted by Gasteiger charge is -2.12. The Morgan fingerprint density at radius 2 is 2.00 bits per heavy atom. The Morgan fingerprint density at radius 1 is 1.40 bits per heavy atom. The number of alkyl halides is 3. The van der Waals surface area contributed by atoms with Crippen molar-refractivity contribution in [2.45, 2.75) is 23.1 Å². The minimum absolute atomic E-state index is 0.134. The lowest BCUT2D eigenvalue weighted by molar-refractivity contribution is -0.116. The quantitative estimate of drug-likeness (QED) is 0.660. The molecule has 0 radical (unpaired) electrons. The first-order chi connectivity index (χ1) is 6.93. The molecule has 0 spiro atoms. The Kier molecular flexibility index (Phi) is 4.28. The largest absolute Gasteiger partial charge is 0.298 e. The van der Waals surface area contributed by atoms with E-state index in [-0.39, 0.29) is 16.9 Å². The second-order valence-corrected chi connectivity index (χ2v) is 4.52. The maximum absolute atomic E-state index is 12.6. The molecule has 0 saturated carbocycles. The number of carbonyl (C=O) groups is 1. The van der Waals surface area contributed by atoms with Gasteiger partial charge >= 0.3 is 0 Å². The van der Waals surface area contributed by atoms with Crippen LogP contribution in [0.5, 0.6) is 0 Å². The number of hydrogen-bond donors (Lipinski definition) is 1. The number of thiol groups is 1. The van der Waals surface area contributed by atoms with E-state index in [2.05, 4.69) is 28.6 Å². The number of hydrogen-bond acceptors (Lipinski definition) is 2. The van der Waals surface area contributed by atoms with Crippen molar-refractivity contribution >= 4 is 34.3 Å². The Balaban J connectivity index is 3.24. The van der Waals surface area contributed by atoms with Crippen molar-refractivity contribution in [3.8, 4) is 0 Å². The molecule has 0 fully saturated rings. The van der Waals surface area contributed by atoms with E-state index in [1.54, 1.807) is 0 Å². The highest BCUT2D eigenvalue weighted by molar-refractivity contribution is 9.09. The molecule has 0 aliphatic rings. The SMILES string of the molecule is CC(=O)C(Br)c1cc(S)ccc1C(F)F. The van der Waals surface area contributed by atoms with Crippen molar-refractivity contribution in [2.24, 2.45) is 0 Å². The molecule has 0 amide bonds. The van der Waals surface area contributed by atoms with Crippen molar-refractivity contribution in [3.05, 3.63) is 29.3 Å². The monoisotopic (exact) mass is 294 g/mol. The molecule has 1 atom stereocenters. The van der Waals surface area contributed by atoms with Gasteiger partial charge in [0.1, 0.15) is 5.78 Å². The highest BCUT2D eigenvalue weighted by Crippen LogP contribution is 2.33. The number of carbonyl (C=O) groups excluding carboxylic acids is 1. The van der Waals surface area contributed by atoms with E-state index in [0.29, 0.717) is 4.90 Å². The molecule has 1 nitrogen and oxygen atoms in total. The molecular weight excluding hydrogens is 286 g/mol. The molecule has 0 aromatic heterocycles. The standard InChI is InChI=1S/C10H9BrF2OS/c1-5(14)9(11)8-4-6(15)2-3-7(8)10(12)13/h2-4,9-10,15H,1H3. The third kappa shape index (κ3) is 3.01. The number of Topliss-reactive ketones (excluding diaryl/α,β-unsaturated/α-hetero) is 1. The van der Waals surface area contributed by atoms with Gasteiger partial charge in [0.2, 0.25) is 0 Å². The van der Waals surface area contributed by atoms with E-state index in [1.165, 1.54) is 25.1 Å². The predicted octanol–water partition coefficient (Wildman–Crippen LogP) is 3.94. The van der Waals surface area contributed by atoms with Crippen LogP contribution in [0.1, 0.15) is 29.3 Å². The minimum atomic E-state index is -2.59. The summed E-state index contributed by atoms with van der Waals surface area (Å²) in [5, 5.41) is 0. The predicted molar refractivity (Wildman–Crippen MR) is 61.0 cm³/mol. The Hall–Kier alpha value is -0.420. The molecule has 1 rings (SSSR count). The van der Waals surface area contributed by atoms with Crippen LogP contribution in [-0.4, -0.2) is 5.78 Å². The number of benzene rings is 1. The Bertz CT molecular complexity index is 382. The number of ketones is 1. The molecule has 0 aliphatic heterocycles. The molecule has 82 valence electrons. The van der Waals surface area contributed by atoms with Crippen LogP contribution in [0.2, 0.25) is 0 Å². The molecule has 1 unspecified atom stereocenters. The molecule has 1 aromatic rings. The van der Waals surface area contributed by atoms with Gasteiger partial charge in [-0.15, -0.1) is 12.6 Å². The van der Waals surface area contributed by atoms with E-state index >= 15 is 0 Å². The van der Waals surface area contributed by atoms with Crippen LogP contribution in [0.15, 0.2) is 23.1 Å². The van der Waals surface area contributed by atoms with Gasteiger partial charge in [-0.3, -0.25) is 4.79 Å². The van der Waals surface area contributed by atoms with Crippen LogP contribution in [-0.2, 0) is 4.79 Å². The lowest BCUT2D eigenvalue weighted by atomic mass is 10.0. The van der Waals surface area contributed by atoms with E-state index < -0.39 is 11.3 Å². The van der Waals surface area contributed by atoms with Gasteiger partial charge in [0.15, 0.2) is 0 Å². The van der Waals surface area contributed by atoms with Crippen LogP contribution >= 0.6 is 28.6 Å².